The van der Waals surface area contributed by atoms with Gasteiger partial charge < -0.3 is 4.42 Å². The third kappa shape index (κ3) is 3.66. The largest absolute Gasteiger partial charge is 0.486 e. The minimum Gasteiger partial charge on any atom is -0.464 e. The van der Waals surface area contributed by atoms with Crippen LogP contribution in [0, 0.1) is 0 Å². The zero-order valence-corrected chi connectivity index (χ0v) is 15.0. The van der Waals surface area contributed by atoms with Crippen molar-refractivity contribution in [2.45, 2.75) is 6.30 Å². The number of hydrogen-bond donors (Lipinski definition) is 1. The van der Waals surface area contributed by atoms with Gasteiger partial charge in [0.15, 0.2) is 0 Å². The number of halogens is 4. The van der Waals surface area contributed by atoms with Crippen molar-refractivity contribution in [3.05, 3.63) is 67.3 Å². The number of nitrogens with one attached hydrogen (secondary N) is 1. The maximum absolute atomic E-state index is 14.5. The second-order valence-electron chi connectivity index (χ2n) is 6.15. The molecule has 0 saturated carbocycles. The number of hydrogen-bond acceptors (Lipinski definition) is 4. The molecule has 0 saturated heterocycles. The standard InChI is InChI=1S/C20H12F4N4O2/c21-20(22,23)27-19(29)28(24)16-6-2-1-5-13(16)17-14-7-9-30-18(14)15(11-26-17)12-4-3-8-25-10-12/h1-11H,(H,27,29). The summed E-state index contributed by atoms with van der Waals surface area (Å²) in [5.74, 6) is 0. The Morgan fingerprint density at radius 2 is 1.83 bits per heavy atom. The first-order valence-corrected chi connectivity index (χ1v) is 8.56. The molecule has 1 aromatic carbocycles. The van der Waals surface area contributed by atoms with Gasteiger partial charge in [0.25, 0.3) is 0 Å². The quantitative estimate of drug-likeness (QED) is 0.273. The monoisotopic (exact) mass is 416 g/mol. The average Bonchev–Trinajstić information content (AvgIpc) is 3.22. The number of fused-ring (bicyclic) bond motifs is 1. The van der Waals surface area contributed by atoms with Crippen LogP contribution in [0.25, 0.3) is 33.4 Å². The molecule has 6 nitrogen and oxygen atoms in total. The molecule has 0 atom stereocenters. The van der Waals surface area contributed by atoms with Crippen LogP contribution in [0.1, 0.15) is 0 Å². The first-order chi connectivity index (χ1) is 14.3. The van der Waals surface area contributed by atoms with Gasteiger partial charge in [-0.05, 0) is 18.2 Å². The molecule has 0 aliphatic carbocycles. The first kappa shape index (κ1) is 19.4. The third-order valence-corrected chi connectivity index (χ3v) is 4.26. The van der Waals surface area contributed by atoms with Crippen molar-refractivity contribution in [3.8, 4) is 22.4 Å². The lowest BCUT2D eigenvalue weighted by Crippen LogP contribution is -2.43. The van der Waals surface area contributed by atoms with E-state index in [0.29, 0.717) is 21.8 Å². The van der Waals surface area contributed by atoms with Crippen LogP contribution in [0.2, 0.25) is 0 Å². The van der Waals surface area contributed by atoms with E-state index in [4.69, 9.17) is 4.42 Å². The molecular formula is C20H12F4N4O2. The predicted molar refractivity (Wildman–Crippen MR) is 101 cm³/mol. The van der Waals surface area contributed by atoms with E-state index in [1.807, 2.05) is 6.07 Å². The normalized spacial score (nSPS) is 11.5. The number of urea groups is 1. The van der Waals surface area contributed by atoms with E-state index in [1.165, 1.54) is 30.7 Å². The van der Waals surface area contributed by atoms with Crippen LogP contribution >= 0.6 is 0 Å². The van der Waals surface area contributed by atoms with Crippen LogP contribution in [0.3, 0.4) is 0 Å². The average molecular weight is 416 g/mol. The van der Waals surface area contributed by atoms with Gasteiger partial charge in [-0.15, -0.1) is 5.12 Å². The van der Waals surface area contributed by atoms with Crippen molar-refractivity contribution < 1.29 is 26.9 Å². The Labute approximate surface area is 166 Å². The number of carbonyl (C=O) groups excluding carboxylic acids is 1. The van der Waals surface area contributed by atoms with Crippen molar-refractivity contribution in [1.82, 2.24) is 15.3 Å². The van der Waals surface area contributed by atoms with Crippen LogP contribution in [0.15, 0.2) is 71.7 Å². The Bertz CT molecular complexity index is 1210. The van der Waals surface area contributed by atoms with E-state index < -0.39 is 23.1 Å². The summed E-state index contributed by atoms with van der Waals surface area (Å²) in [6, 6.07) is 8.75. The van der Waals surface area contributed by atoms with E-state index in [1.54, 1.807) is 30.6 Å². The summed E-state index contributed by atoms with van der Waals surface area (Å²) in [4.78, 5) is 20.1. The molecular weight excluding hydrogens is 404 g/mol. The van der Waals surface area contributed by atoms with E-state index in [9.17, 15) is 22.4 Å². The van der Waals surface area contributed by atoms with Gasteiger partial charge in [0.1, 0.15) is 5.58 Å². The fourth-order valence-electron chi connectivity index (χ4n) is 3.03. The molecule has 0 spiro atoms. The first-order valence-electron chi connectivity index (χ1n) is 8.56. The van der Waals surface area contributed by atoms with E-state index in [0.717, 1.165) is 5.56 Å². The van der Waals surface area contributed by atoms with Crippen LogP contribution in [0.4, 0.5) is 28.1 Å². The molecule has 0 fully saturated rings. The maximum Gasteiger partial charge on any atom is 0.486 e. The molecule has 10 heteroatoms. The van der Waals surface area contributed by atoms with Gasteiger partial charge in [0.2, 0.25) is 0 Å². The number of aromatic nitrogens is 2. The number of pyridine rings is 2. The van der Waals surface area contributed by atoms with Crippen molar-refractivity contribution in [3.63, 3.8) is 0 Å². The smallest absolute Gasteiger partial charge is 0.464 e. The van der Waals surface area contributed by atoms with E-state index in [2.05, 4.69) is 9.97 Å². The SMILES string of the molecule is O=C(NC(F)(F)F)N(F)c1ccccc1-c1ncc(-c2cccnc2)c2occc12. The van der Waals surface area contributed by atoms with Gasteiger partial charge in [0.05, 0.1) is 17.6 Å². The van der Waals surface area contributed by atoms with Crippen LogP contribution in [0.5, 0.6) is 0 Å². The Morgan fingerprint density at radius 3 is 2.57 bits per heavy atom. The molecule has 0 unspecified atom stereocenters. The summed E-state index contributed by atoms with van der Waals surface area (Å²) in [5.41, 5.74) is 1.76. The summed E-state index contributed by atoms with van der Waals surface area (Å²) in [6.45, 7) is 0. The molecule has 1 N–H and O–H groups in total. The van der Waals surface area contributed by atoms with Crippen molar-refractivity contribution in [2.75, 3.05) is 5.12 Å². The van der Waals surface area contributed by atoms with Crippen molar-refractivity contribution in [2.24, 2.45) is 0 Å². The molecule has 0 aliphatic rings. The van der Waals surface area contributed by atoms with Gasteiger partial charge in [0, 0.05) is 40.7 Å². The molecule has 30 heavy (non-hydrogen) atoms. The Balaban J connectivity index is 1.81. The zero-order valence-electron chi connectivity index (χ0n) is 15.0. The lowest BCUT2D eigenvalue weighted by molar-refractivity contribution is -0.145. The number of para-hydroxylation sites is 1. The van der Waals surface area contributed by atoms with Crippen molar-refractivity contribution >= 4 is 22.7 Å². The van der Waals surface area contributed by atoms with Crippen LogP contribution in [-0.4, -0.2) is 22.3 Å². The Morgan fingerprint density at radius 1 is 1.03 bits per heavy atom. The molecule has 3 heterocycles. The summed E-state index contributed by atoms with van der Waals surface area (Å²) in [6.07, 6.45) is 1.08. The predicted octanol–water partition coefficient (Wildman–Crippen LogP) is 5.48. The number of amides is 2. The number of carbonyl (C=O) groups is 1. The second kappa shape index (κ2) is 7.47. The fraction of sp³-hybridized carbons (Fsp3) is 0.0500. The molecule has 152 valence electrons. The molecule has 4 aromatic rings. The van der Waals surface area contributed by atoms with Crippen molar-refractivity contribution in [1.29, 1.82) is 0 Å². The minimum atomic E-state index is -5.07. The summed E-state index contributed by atoms with van der Waals surface area (Å²) >= 11 is 0. The minimum absolute atomic E-state index is 0.112. The number of benzene rings is 1. The number of alkyl halides is 3. The lowest BCUT2D eigenvalue weighted by atomic mass is 10.0. The van der Waals surface area contributed by atoms with Crippen LogP contribution < -0.4 is 10.4 Å². The molecule has 0 bridgehead atoms. The van der Waals surface area contributed by atoms with Crippen LogP contribution in [-0.2, 0) is 0 Å². The Hall–Kier alpha value is -3.95. The summed E-state index contributed by atoms with van der Waals surface area (Å²) in [7, 11) is 0. The molecule has 4 rings (SSSR count). The number of nitrogens with zero attached hydrogens (tertiary/aromatic N) is 3. The number of rotatable bonds is 3. The number of furan rings is 1. The molecule has 2 amide bonds. The van der Waals surface area contributed by atoms with Gasteiger partial charge in [-0.1, -0.05) is 28.7 Å². The fourth-order valence-corrected chi connectivity index (χ4v) is 3.03. The highest BCUT2D eigenvalue weighted by atomic mass is 19.4. The number of anilines is 1. The highest BCUT2D eigenvalue weighted by Crippen LogP contribution is 2.38. The third-order valence-electron chi connectivity index (χ3n) is 4.26. The molecule has 0 radical (unpaired) electrons. The van der Waals surface area contributed by atoms with Gasteiger partial charge in [-0.3, -0.25) is 9.97 Å². The highest BCUT2D eigenvalue weighted by molar-refractivity contribution is 6.03. The van der Waals surface area contributed by atoms with Gasteiger partial charge in [-0.25, -0.2) is 10.1 Å². The molecule has 3 aromatic heterocycles. The van der Waals surface area contributed by atoms with E-state index in [-0.39, 0.29) is 11.3 Å². The van der Waals surface area contributed by atoms with Gasteiger partial charge in [-0.2, -0.15) is 13.2 Å². The van der Waals surface area contributed by atoms with E-state index >= 15 is 0 Å². The summed E-state index contributed by atoms with van der Waals surface area (Å²) in [5, 5.41) is 0.513. The molecule has 0 aliphatic heterocycles. The van der Waals surface area contributed by atoms with Gasteiger partial charge >= 0.3 is 12.3 Å². The zero-order chi connectivity index (χ0) is 21.3. The highest BCUT2D eigenvalue weighted by Gasteiger charge is 2.34. The topological polar surface area (TPSA) is 71.3 Å². The Kier molecular flexibility index (Phi) is 4.82. The maximum atomic E-state index is 14.5. The summed E-state index contributed by atoms with van der Waals surface area (Å²) < 4.78 is 57.4. The lowest BCUT2D eigenvalue weighted by Gasteiger charge is -2.18. The second-order valence-corrected chi connectivity index (χ2v) is 6.15.